The van der Waals surface area contributed by atoms with Crippen molar-refractivity contribution in [2.75, 3.05) is 6.54 Å². The smallest absolute Gasteiger partial charge is 0.243 e. The fourth-order valence-electron chi connectivity index (χ4n) is 1.75. The molecule has 1 aromatic rings. The Morgan fingerprint density at radius 2 is 2.43 bits per heavy atom. The van der Waals surface area contributed by atoms with Crippen LogP contribution in [0, 0.1) is 5.92 Å². The summed E-state index contributed by atoms with van der Waals surface area (Å²) in [5.41, 5.74) is 0. The molecule has 1 aliphatic rings. The van der Waals surface area contributed by atoms with Gasteiger partial charge in [0.2, 0.25) is 5.89 Å². The van der Waals surface area contributed by atoms with E-state index in [1.807, 2.05) is 0 Å². The summed E-state index contributed by atoms with van der Waals surface area (Å²) in [4.78, 5) is 4.39. The summed E-state index contributed by atoms with van der Waals surface area (Å²) < 4.78 is 5.23. The number of rotatable bonds is 3. The predicted octanol–water partition coefficient (Wildman–Crippen LogP) is 1.69. The Morgan fingerprint density at radius 1 is 1.57 bits per heavy atom. The van der Waals surface area contributed by atoms with Gasteiger partial charge in [-0.15, -0.1) is 0 Å². The first-order valence-corrected chi connectivity index (χ1v) is 5.31. The maximum atomic E-state index is 5.23. The minimum atomic E-state index is 0.295. The second-order valence-electron chi connectivity index (χ2n) is 4.30. The topological polar surface area (TPSA) is 51.0 Å². The van der Waals surface area contributed by atoms with Crippen molar-refractivity contribution in [3.05, 3.63) is 11.7 Å². The number of hydrogen-bond acceptors (Lipinski definition) is 4. The van der Waals surface area contributed by atoms with Crippen LogP contribution in [-0.2, 0) is 6.42 Å². The maximum Gasteiger partial charge on any atom is 0.243 e. The molecule has 0 amide bonds. The van der Waals surface area contributed by atoms with E-state index in [9.17, 15) is 0 Å². The van der Waals surface area contributed by atoms with E-state index >= 15 is 0 Å². The minimum absolute atomic E-state index is 0.295. The van der Waals surface area contributed by atoms with Crippen molar-refractivity contribution in [2.45, 2.75) is 39.2 Å². The molecule has 4 heteroatoms. The fourth-order valence-corrected chi connectivity index (χ4v) is 1.75. The molecular weight excluding hydrogens is 178 g/mol. The molecule has 1 saturated heterocycles. The van der Waals surface area contributed by atoms with Crippen LogP contribution in [-0.4, -0.2) is 16.7 Å². The van der Waals surface area contributed by atoms with Crippen LogP contribution in [0.2, 0.25) is 0 Å². The zero-order chi connectivity index (χ0) is 9.97. The molecule has 0 spiro atoms. The molecule has 78 valence electrons. The Kier molecular flexibility index (Phi) is 2.82. The van der Waals surface area contributed by atoms with Crippen molar-refractivity contribution in [3.63, 3.8) is 0 Å². The van der Waals surface area contributed by atoms with Crippen molar-refractivity contribution < 1.29 is 4.52 Å². The summed E-state index contributed by atoms with van der Waals surface area (Å²) in [6.07, 6.45) is 3.21. The first-order chi connectivity index (χ1) is 6.75. The van der Waals surface area contributed by atoms with Gasteiger partial charge in [0.05, 0.1) is 6.04 Å². The van der Waals surface area contributed by atoms with Gasteiger partial charge in [0.1, 0.15) is 0 Å². The van der Waals surface area contributed by atoms with Crippen molar-refractivity contribution in [1.29, 1.82) is 0 Å². The van der Waals surface area contributed by atoms with Gasteiger partial charge in [-0.25, -0.2) is 0 Å². The van der Waals surface area contributed by atoms with E-state index in [0.29, 0.717) is 12.0 Å². The molecule has 1 fully saturated rings. The summed E-state index contributed by atoms with van der Waals surface area (Å²) in [7, 11) is 0. The summed E-state index contributed by atoms with van der Waals surface area (Å²) >= 11 is 0. The van der Waals surface area contributed by atoms with Gasteiger partial charge in [-0.1, -0.05) is 19.0 Å². The van der Waals surface area contributed by atoms with Crippen LogP contribution in [0.5, 0.6) is 0 Å². The number of aromatic nitrogens is 2. The lowest BCUT2D eigenvalue weighted by Gasteiger charge is -2.01. The first kappa shape index (κ1) is 9.65. The predicted molar refractivity (Wildman–Crippen MR) is 52.8 cm³/mol. The van der Waals surface area contributed by atoms with E-state index in [4.69, 9.17) is 4.52 Å². The van der Waals surface area contributed by atoms with Crippen LogP contribution in [0.15, 0.2) is 4.52 Å². The monoisotopic (exact) mass is 195 g/mol. The van der Waals surface area contributed by atoms with Gasteiger partial charge >= 0.3 is 0 Å². The number of nitrogens with one attached hydrogen (secondary N) is 1. The zero-order valence-corrected chi connectivity index (χ0v) is 8.79. The van der Waals surface area contributed by atoms with Crippen LogP contribution in [0.3, 0.4) is 0 Å². The molecule has 0 bridgehead atoms. The summed E-state index contributed by atoms with van der Waals surface area (Å²) in [5.74, 6) is 2.18. The van der Waals surface area contributed by atoms with Gasteiger partial charge in [-0.2, -0.15) is 4.98 Å². The van der Waals surface area contributed by atoms with Gasteiger partial charge in [0, 0.05) is 6.42 Å². The minimum Gasteiger partial charge on any atom is -0.338 e. The molecule has 2 rings (SSSR count). The highest BCUT2D eigenvalue weighted by Crippen LogP contribution is 2.21. The van der Waals surface area contributed by atoms with Crippen molar-refractivity contribution >= 4 is 0 Å². The summed E-state index contributed by atoms with van der Waals surface area (Å²) in [6.45, 7) is 5.38. The molecule has 0 unspecified atom stereocenters. The Bertz CT molecular complexity index is 289. The van der Waals surface area contributed by atoms with E-state index in [2.05, 4.69) is 29.3 Å². The van der Waals surface area contributed by atoms with Gasteiger partial charge in [0.25, 0.3) is 0 Å². The number of hydrogen-bond donors (Lipinski definition) is 1. The molecule has 4 nitrogen and oxygen atoms in total. The fraction of sp³-hybridized carbons (Fsp3) is 0.800. The molecule has 14 heavy (non-hydrogen) atoms. The van der Waals surface area contributed by atoms with E-state index in [0.717, 1.165) is 31.1 Å². The molecule has 1 atom stereocenters. The lowest BCUT2D eigenvalue weighted by molar-refractivity contribution is 0.340. The Labute approximate surface area is 84.1 Å². The summed E-state index contributed by atoms with van der Waals surface area (Å²) in [6, 6.07) is 0.295. The van der Waals surface area contributed by atoms with Crippen molar-refractivity contribution in [2.24, 2.45) is 5.92 Å². The zero-order valence-electron chi connectivity index (χ0n) is 8.79. The van der Waals surface area contributed by atoms with Crippen LogP contribution in [0.4, 0.5) is 0 Å². The van der Waals surface area contributed by atoms with Crippen LogP contribution in [0.1, 0.15) is 44.4 Å². The third-order valence-electron chi connectivity index (χ3n) is 2.43. The Hall–Kier alpha value is -0.900. The normalized spacial score (nSPS) is 22.1. The number of nitrogens with zero attached hydrogens (tertiary/aromatic N) is 2. The SMILES string of the molecule is CC(C)Cc1noc([C@H]2CCCN2)n1. The molecule has 0 aromatic carbocycles. The van der Waals surface area contributed by atoms with Gasteiger partial charge in [-0.3, -0.25) is 0 Å². The van der Waals surface area contributed by atoms with Crippen LogP contribution >= 0.6 is 0 Å². The van der Waals surface area contributed by atoms with Crippen molar-refractivity contribution in [3.8, 4) is 0 Å². The lowest BCUT2D eigenvalue weighted by atomic mass is 10.1. The molecule has 0 saturated carbocycles. The van der Waals surface area contributed by atoms with E-state index in [-0.39, 0.29) is 0 Å². The molecule has 1 N–H and O–H groups in total. The van der Waals surface area contributed by atoms with Crippen LogP contribution < -0.4 is 5.32 Å². The second kappa shape index (κ2) is 4.09. The first-order valence-electron chi connectivity index (χ1n) is 5.31. The molecule has 2 heterocycles. The average molecular weight is 195 g/mol. The van der Waals surface area contributed by atoms with Gasteiger partial charge < -0.3 is 9.84 Å². The lowest BCUT2D eigenvalue weighted by Crippen LogP contribution is -2.13. The van der Waals surface area contributed by atoms with Gasteiger partial charge in [0.15, 0.2) is 5.82 Å². The highest BCUT2D eigenvalue weighted by atomic mass is 16.5. The third-order valence-corrected chi connectivity index (χ3v) is 2.43. The molecule has 0 aliphatic carbocycles. The molecule has 1 aromatic heterocycles. The summed E-state index contributed by atoms with van der Waals surface area (Å²) in [5, 5.41) is 7.32. The highest BCUT2D eigenvalue weighted by molar-refractivity contribution is 4.95. The largest absolute Gasteiger partial charge is 0.338 e. The quantitative estimate of drug-likeness (QED) is 0.797. The van der Waals surface area contributed by atoms with E-state index in [1.165, 1.54) is 6.42 Å². The molecule has 1 aliphatic heterocycles. The standard InChI is InChI=1S/C10H17N3O/c1-7(2)6-9-12-10(14-13-9)8-4-3-5-11-8/h7-8,11H,3-6H2,1-2H3/t8-/m1/s1. The Morgan fingerprint density at radius 3 is 3.07 bits per heavy atom. The van der Waals surface area contributed by atoms with E-state index in [1.54, 1.807) is 0 Å². The molecular formula is C10H17N3O. The molecule has 0 radical (unpaired) electrons. The third kappa shape index (κ3) is 2.12. The van der Waals surface area contributed by atoms with Crippen LogP contribution in [0.25, 0.3) is 0 Å². The Balaban J connectivity index is 2.01. The maximum absolute atomic E-state index is 5.23. The second-order valence-corrected chi connectivity index (χ2v) is 4.30. The average Bonchev–Trinajstić information content (AvgIpc) is 2.69. The van der Waals surface area contributed by atoms with Crippen molar-refractivity contribution in [1.82, 2.24) is 15.5 Å². The van der Waals surface area contributed by atoms with E-state index < -0.39 is 0 Å². The highest BCUT2D eigenvalue weighted by Gasteiger charge is 2.22. The van der Waals surface area contributed by atoms with Gasteiger partial charge in [-0.05, 0) is 25.3 Å².